The zero-order valence-corrected chi connectivity index (χ0v) is 14.9. The number of nitrogens with two attached hydrogens (primary N) is 1. The Morgan fingerprint density at radius 3 is 2.61 bits per heavy atom. The van der Waals surface area contributed by atoms with E-state index in [1.54, 1.807) is 23.1 Å². The molecule has 4 N–H and O–H groups in total. The molecule has 9 nitrogen and oxygen atoms in total. The van der Waals surface area contributed by atoms with Crippen molar-refractivity contribution in [1.29, 1.82) is 5.41 Å². The number of rotatable bonds is 6. The highest BCUT2D eigenvalue weighted by Gasteiger charge is 2.32. The molecule has 2 aromatic rings. The molecule has 1 aliphatic heterocycles. The van der Waals surface area contributed by atoms with Crippen LogP contribution in [0.25, 0.3) is 0 Å². The molecule has 1 heterocycles. The summed E-state index contributed by atoms with van der Waals surface area (Å²) in [7, 11) is 0. The number of nitro groups is 1. The minimum Gasteiger partial charge on any atom is -0.384 e. The second-order valence-electron chi connectivity index (χ2n) is 6.49. The first-order valence-corrected chi connectivity index (χ1v) is 8.62. The zero-order chi connectivity index (χ0) is 20.3. The molecule has 1 saturated heterocycles. The molecule has 28 heavy (non-hydrogen) atoms. The normalized spacial score (nSPS) is 16.1. The number of hydrogen-bond acceptors (Lipinski definition) is 5. The van der Waals surface area contributed by atoms with Crippen LogP contribution < -0.4 is 11.1 Å². The van der Waals surface area contributed by atoms with E-state index >= 15 is 0 Å². The summed E-state index contributed by atoms with van der Waals surface area (Å²) in [6, 6.07) is 11.7. The van der Waals surface area contributed by atoms with E-state index in [2.05, 4.69) is 5.32 Å². The molecule has 1 aliphatic rings. The van der Waals surface area contributed by atoms with E-state index in [1.807, 2.05) is 6.07 Å². The van der Waals surface area contributed by atoms with E-state index in [-0.39, 0.29) is 23.0 Å². The van der Waals surface area contributed by atoms with E-state index in [9.17, 15) is 19.7 Å². The third-order valence-electron chi connectivity index (χ3n) is 4.55. The number of nitro benzene ring substituents is 1. The van der Waals surface area contributed by atoms with Crippen molar-refractivity contribution >= 4 is 23.3 Å². The summed E-state index contributed by atoms with van der Waals surface area (Å²) in [5, 5.41) is 20.9. The molecule has 0 saturated carbocycles. The van der Waals surface area contributed by atoms with Gasteiger partial charge in [-0.1, -0.05) is 18.2 Å². The summed E-state index contributed by atoms with van der Waals surface area (Å²) in [6.45, 7) is 0.859. The van der Waals surface area contributed by atoms with Crippen LogP contribution in [-0.2, 0) is 11.3 Å². The first kappa shape index (κ1) is 19.0. The Bertz CT molecular complexity index is 942. The minimum absolute atomic E-state index is 0.0390. The molecule has 2 aromatic carbocycles. The van der Waals surface area contributed by atoms with Crippen LogP contribution in [0.2, 0.25) is 0 Å². The Morgan fingerprint density at radius 1 is 1.25 bits per heavy atom. The number of nitrogens with one attached hydrogen (secondary N) is 2. The third kappa shape index (κ3) is 4.14. The van der Waals surface area contributed by atoms with Crippen LogP contribution in [0, 0.1) is 15.5 Å². The average Bonchev–Trinajstić information content (AvgIpc) is 3.01. The first-order chi connectivity index (χ1) is 13.3. The number of nitrogens with zero attached hydrogens (tertiary/aromatic N) is 2. The van der Waals surface area contributed by atoms with Gasteiger partial charge >= 0.3 is 0 Å². The van der Waals surface area contributed by atoms with Crippen molar-refractivity contribution in [1.82, 2.24) is 10.2 Å². The summed E-state index contributed by atoms with van der Waals surface area (Å²) in [5.74, 6) is -0.681. The standard InChI is InChI=1S/C19H19N5O4/c20-17(21)14-3-1-2-12(10-14)11-23-9-8-16(19(23)26)22-18(25)13-4-6-15(7-5-13)24(27)28/h1-7,10,16H,8-9,11H2,(H3,20,21)(H,22,25)/t16-/m0/s1. The molecule has 144 valence electrons. The van der Waals surface area contributed by atoms with Crippen molar-refractivity contribution in [3.8, 4) is 0 Å². The van der Waals surface area contributed by atoms with Crippen molar-refractivity contribution in [3.63, 3.8) is 0 Å². The molecule has 1 atom stereocenters. The summed E-state index contributed by atoms with van der Waals surface area (Å²) < 4.78 is 0. The SMILES string of the molecule is N=C(N)c1cccc(CN2CC[C@H](NC(=O)c3ccc([N+](=O)[O-])cc3)C2=O)c1. The quantitative estimate of drug-likeness (QED) is 0.300. The molecule has 3 rings (SSSR count). The van der Waals surface area contributed by atoms with E-state index in [4.69, 9.17) is 11.1 Å². The largest absolute Gasteiger partial charge is 0.384 e. The summed E-state index contributed by atoms with van der Waals surface area (Å²) in [4.78, 5) is 36.7. The molecule has 2 amide bonds. The second kappa shape index (κ2) is 7.87. The van der Waals surface area contributed by atoms with Crippen molar-refractivity contribution in [2.24, 2.45) is 5.73 Å². The Labute approximate surface area is 160 Å². The highest BCUT2D eigenvalue weighted by atomic mass is 16.6. The summed E-state index contributed by atoms with van der Waals surface area (Å²) in [6.07, 6.45) is 0.476. The van der Waals surface area contributed by atoms with E-state index in [0.717, 1.165) is 5.56 Å². The van der Waals surface area contributed by atoms with Crippen molar-refractivity contribution in [2.75, 3.05) is 6.54 Å². The molecule has 0 bridgehead atoms. The fourth-order valence-electron chi connectivity index (χ4n) is 3.06. The lowest BCUT2D eigenvalue weighted by Crippen LogP contribution is -2.41. The number of carbonyl (C=O) groups excluding carboxylic acids is 2. The number of amides is 2. The number of hydrogen-bond donors (Lipinski definition) is 3. The number of non-ortho nitro benzene ring substituents is 1. The maximum absolute atomic E-state index is 12.6. The van der Waals surface area contributed by atoms with E-state index in [0.29, 0.717) is 25.1 Å². The second-order valence-corrected chi connectivity index (χ2v) is 6.49. The zero-order valence-electron chi connectivity index (χ0n) is 14.9. The lowest BCUT2D eigenvalue weighted by atomic mass is 10.1. The van der Waals surface area contributed by atoms with Gasteiger partial charge in [-0.15, -0.1) is 0 Å². The van der Waals surface area contributed by atoms with Crippen LogP contribution in [0.15, 0.2) is 48.5 Å². The van der Waals surface area contributed by atoms with Gasteiger partial charge in [-0.3, -0.25) is 25.1 Å². The Hall–Kier alpha value is -3.75. The molecule has 0 radical (unpaired) electrons. The number of likely N-dealkylation sites (tertiary alicyclic amines) is 1. The number of nitrogen functional groups attached to an aromatic ring is 1. The monoisotopic (exact) mass is 381 g/mol. The maximum atomic E-state index is 12.6. The van der Waals surface area contributed by atoms with Crippen LogP contribution in [0.5, 0.6) is 0 Å². The lowest BCUT2D eigenvalue weighted by molar-refractivity contribution is -0.384. The molecule has 0 unspecified atom stereocenters. The van der Waals surface area contributed by atoms with Gasteiger partial charge in [0.1, 0.15) is 11.9 Å². The summed E-state index contributed by atoms with van der Waals surface area (Å²) >= 11 is 0. The number of amidine groups is 1. The topological polar surface area (TPSA) is 142 Å². The van der Waals surface area contributed by atoms with Gasteiger partial charge in [0.2, 0.25) is 5.91 Å². The van der Waals surface area contributed by atoms with Crippen LogP contribution >= 0.6 is 0 Å². The van der Waals surface area contributed by atoms with Gasteiger partial charge in [0.25, 0.3) is 11.6 Å². The third-order valence-corrected chi connectivity index (χ3v) is 4.55. The first-order valence-electron chi connectivity index (χ1n) is 8.62. The predicted molar refractivity (Wildman–Crippen MR) is 102 cm³/mol. The lowest BCUT2D eigenvalue weighted by Gasteiger charge is -2.17. The van der Waals surface area contributed by atoms with Gasteiger partial charge in [0, 0.05) is 36.3 Å². The fraction of sp³-hybridized carbons (Fsp3) is 0.211. The van der Waals surface area contributed by atoms with Crippen molar-refractivity contribution in [2.45, 2.75) is 19.0 Å². The average molecular weight is 381 g/mol. The van der Waals surface area contributed by atoms with E-state index in [1.165, 1.54) is 24.3 Å². The Morgan fingerprint density at radius 2 is 1.96 bits per heavy atom. The molecular weight excluding hydrogens is 362 g/mol. The van der Waals surface area contributed by atoms with Crippen LogP contribution in [0.4, 0.5) is 5.69 Å². The molecule has 1 fully saturated rings. The number of carbonyl (C=O) groups is 2. The fourth-order valence-corrected chi connectivity index (χ4v) is 3.06. The highest BCUT2D eigenvalue weighted by Crippen LogP contribution is 2.17. The van der Waals surface area contributed by atoms with Gasteiger partial charge < -0.3 is 16.0 Å². The van der Waals surface area contributed by atoms with Crippen molar-refractivity contribution in [3.05, 3.63) is 75.3 Å². The molecule has 9 heteroatoms. The van der Waals surface area contributed by atoms with Gasteiger partial charge in [0.15, 0.2) is 0 Å². The molecule has 0 spiro atoms. The van der Waals surface area contributed by atoms with Gasteiger partial charge in [-0.05, 0) is 30.2 Å². The van der Waals surface area contributed by atoms with Crippen LogP contribution in [0.1, 0.15) is 27.9 Å². The number of benzene rings is 2. The molecular formula is C19H19N5O4. The van der Waals surface area contributed by atoms with Crippen LogP contribution in [-0.4, -0.2) is 40.1 Å². The summed E-state index contributed by atoms with van der Waals surface area (Å²) in [5.41, 5.74) is 7.09. The Balaban J connectivity index is 1.62. The Kier molecular flexibility index (Phi) is 5.35. The minimum atomic E-state index is -0.640. The molecule has 0 aromatic heterocycles. The van der Waals surface area contributed by atoms with Crippen molar-refractivity contribution < 1.29 is 14.5 Å². The molecule has 0 aliphatic carbocycles. The predicted octanol–water partition coefficient (Wildman–Crippen LogP) is 1.41. The van der Waals surface area contributed by atoms with Gasteiger partial charge in [-0.2, -0.15) is 0 Å². The highest BCUT2D eigenvalue weighted by molar-refractivity contribution is 5.98. The van der Waals surface area contributed by atoms with Gasteiger partial charge in [-0.25, -0.2) is 0 Å². The maximum Gasteiger partial charge on any atom is 0.269 e. The van der Waals surface area contributed by atoms with Gasteiger partial charge in [0.05, 0.1) is 4.92 Å². The smallest absolute Gasteiger partial charge is 0.269 e. The van der Waals surface area contributed by atoms with Crippen LogP contribution in [0.3, 0.4) is 0 Å². The van der Waals surface area contributed by atoms with E-state index < -0.39 is 16.9 Å².